The van der Waals surface area contributed by atoms with Crippen LogP contribution in [0.3, 0.4) is 0 Å². The first kappa shape index (κ1) is 10.0. The van der Waals surface area contributed by atoms with Crippen molar-refractivity contribution in [3.63, 3.8) is 0 Å². The first-order valence-electron chi connectivity index (χ1n) is 3.61. The highest BCUT2D eigenvalue weighted by atomic mass is 35.5. The maximum absolute atomic E-state index is 5.72. The van der Waals surface area contributed by atoms with E-state index < -0.39 is 0 Å². The van der Waals surface area contributed by atoms with Crippen LogP contribution in [0.5, 0.6) is 0 Å². The van der Waals surface area contributed by atoms with Gasteiger partial charge in [0.25, 0.3) is 0 Å². The molecule has 1 aromatic rings. The fourth-order valence-electron chi connectivity index (χ4n) is 0.872. The lowest BCUT2D eigenvalue weighted by Crippen LogP contribution is -2.26. The summed E-state index contributed by atoms with van der Waals surface area (Å²) in [6, 6.07) is 7.25. The summed E-state index contributed by atoms with van der Waals surface area (Å²) in [5.74, 6) is 0. The maximum Gasteiger partial charge on any atom is 0.168 e. The molecule has 0 saturated carbocycles. The molecule has 0 atom stereocenters. The number of hydrogen-bond donors (Lipinski definition) is 2. The molecule has 1 aromatic carbocycles. The van der Waals surface area contributed by atoms with Crippen molar-refractivity contribution in [2.24, 2.45) is 5.73 Å². The van der Waals surface area contributed by atoms with Gasteiger partial charge in [-0.3, -0.25) is 0 Å². The second-order valence-electron chi connectivity index (χ2n) is 2.47. The Morgan fingerprint density at radius 2 is 1.92 bits per heavy atom. The minimum atomic E-state index is 0.208. The second kappa shape index (κ2) is 4.25. The van der Waals surface area contributed by atoms with Gasteiger partial charge in [-0.25, -0.2) is 0 Å². The zero-order valence-corrected chi connectivity index (χ0v) is 8.45. The van der Waals surface area contributed by atoms with Crippen LogP contribution in [0.2, 0.25) is 5.02 Å². The van der Waals surface area contributed by atoms with E-state index in [-0.39, 0.29) is 5.11 Å². The SMILES string of the molecule is C=C(NC(N)=S)c1ccc(Cl)cc1. The number of thiocarbonyl (C=S) groups is 1. The Labute approximate surface area is 87.4 Å². The van der Waals surface area contributed by atoms with Gasteiger partial charge in [-0.2, -0.15) is 0 Å². The Morgan fingerprint density at radius 1 is 1.38 bits per heavy atom. The summed E-state index contributed by atoms with van der Waals surface area (Å²) in [4.78, 5) is 0. The number of benzene rings is 1. The molecule has 0 saturated heterocycles. The average Bonchev–Trinajstić information content (AvgIpc) is 2.04. The molecule has 0 aromatic heterocycles. The highest BCUT2D eigenvalue weighted by molar-refractivity contribution is 7.80. The van der Waals surface area contributed by atoms with Gasteiger partial charge < -0.3 is 11.1 Å². The fraction of sp³-hybridized carbons (Fsp3) is 0. The summed E-state index contributed by atoms with van der Waals surface area (Å²) in [7, 11) is 0. The van der Waals surface area contributed by atoms with Crippen LogP contribution in [0.15, 0.2) is 30.8 Å². The average molecular weight is 213 g/mol. The lowest BCUT2D eigenvalue weighted by Gasteiger charge is -2.06. The van der Waals surface area contributed by atoms with Gasteiger partial charge in [-0.15, -0.1) is 0 Å². The van der Waals surface area contributed by atoms with E-state index in [1.807, 2.05) is 12.1 Å². The Kier molecular flexibility index (Phi) is 3.28. The normalized spacial score (nSPS) is 9.31. The summed E-state index contributed by atoms with van der Waals surface area (Å²) < 4.78 is 0. The zero-order chi connectivity index (χ0) is 9.84. The van der Waals surface area contributed by atoms with E-state index in [1.165, 1.54) is 0 Å². The summed E-state index contributed by atoms with van der Waals surface area (Å²) in [6.07, 6.45) is 0. The highest BCUT2D eigenvalue weighted by Crippen LogP contribution is 2.13. The van der Waals surface area contributed by atoms with Gasteiger partial charge >= 0.3 is 0 Å². The Hall–Kier alpha value is -1.06. The predicted octanol–water partition coefficient (Wildman–Crippen LogP) is 2.14. The van der Waals surface area contributed by atoms with E-state index in [2.05, 4.69) is 24.1 Å². The molecule has 0 aliphatic carbocycles. The van der Waals surface area contributed by atoms with Crippen molar-refractivity contribution in [3.8, 4) is 0 Å². The van der Waals surface area contributed by atoms with Crippen LogP contribution >= 0.6 is 23.8 Å². The fourth-order valence-corrected chi connectivity index (χ4v) is 1.12. The van der Waals surface area contributed by atoms with E-state index in [0.29, 0.717) is 10.7 Å². The number of halogens is 1. The molecular weight excluding hydrogens is 204 g/mol. The molecule has 0 unspecified atom stereocenters. The van der Waals surface area contributed by atoms with Crippen LogP contribution in [0.1, 0.15) is 5.56 Å². The van der Waals surface area contributed by atoms with Gasteiger partial charge in [-0.05, 0) is 29.9 Å². The van der Waals surface area contributed by atoms with Crippen molar-refractivity contribution in [1.82, 2.24) is 5.32 Å². The summed E-state index contributed by atoms with van der Waals surface area (Å²) in [5, 5.41) is 3.65. The third kappa shape index (κ3) is 3.05. The monoisotopic (exact) mass is 212 g/mol. The van der Waals surface area contributed by atoms with E-state index >= 15 is 0 Å². The molecule has 13 heavy (non-hydrogen) atoms. The van der Waals surface area contributed by atoms with Crippen LogP contribution in [0.4, 0.5) is 0 Å². The first-order chi connectivity index (χ1) is 6.09. The van der Waals surface area contributed by atoms with Crippen molar-refractivity contribution < 1.29 is 0 Å². The van der Waals surface area contributed by atoms with Crippen LogP contribution in [-0.4, -0.2) is 5.11 Å². The van der Waals surface area contributed by atoms with Crippen molar-refractivity contribution in [3.05, 3.63) is 41.4 Å². The minimum absolute atomic E-state index is 0.208. The molecule has 0 amide bonds. The van der Waals surface area contributed by atoms with Gasteiger partial charge in [0.1, 0.15) is 0 Å². The van der Waals surface area contributed by atoms with Crippen molar-refractivity contribution in [2.45, 2.75) is 0 Å². The van der Waals surface area contributed by atoms with Crippen LogP contribution in [0, 0.1) is 0 Å². The molecule has 0 aliphatic rings. The molecule has 0 fully saturated rings. The molecule has 0 aliphatic heterocycles. The zero-order valence-electron chi connectivity index (χ0n) is 6.88. The lowest BCUT2D eigenvalue weighted by molar-refractivity contribution is 1.30. The summed E-state index contributed by atoms with van der Waals surface area (Å²) in [5.41, 5.74) is 6.88. The molecule has 1 rings (SSSR count). The molecule has 0 radical (unpaired) electrons. The smallest absolute Gasteiger partial charge is 0.168 e. The lowest BCUT2D eigenvalue weighted by atomic mass is 10.2. The second-order valence-corrected chi connectivity index (χ2v) is 3.35. The van der Waals surface area contributed by atoms with Gasteiger partial charge in [0.05, 0.1) is 0 Å². The number of rotatable bonds is 2. The third-order valence-corrected chi connectivity index (χ3v) is 1.82. The van der Waals surface area contributed by atoms with Crippen LogP contribution in [-0.2, 0) is 0 Å². The van der Waals surface area contributed by atoms with E-state index in [1.54, 1.807) is 12.1 Å². The highest BCUT2D eigenvalue weighted by Gasteiger charge is 1.98. The van der Waals surface area contributed by atoms with Gasteiger partial charge in [-0.1, -0.05) is 30.3 Å². The molecule has 4 heteroatoms. The third-order valence-electron chi connectivity index (χ3n) is 1.47. The predicted molar refractivity (Wildman–Crippen MR) is 60.4 cm³/mol. The van der Waals surface area contributed by atoms with Crippen molar-refractivity contribution in [1.29, 1.82) is 0 Å². The van der Waals surface area contributed by atoms with Crippen molar-refractivity contribution >= 4 is 34.6 Å². The van der Waals surface area contributed by atoms with E-state index in [9.17, 15) is 0 Å². The Balaban J connectivity index is 2.78. The maximum atomic E-state index is 5.72. The van der Waals surface area contributed by atoms with Gasteiger partial charge in [0, 0.05) is 10.7 Å². The molecular formula is C9H9ClN2S. The molecule has 0 spiro atoms. The molecule has 68 valence electrons. The number of nitrogens with one attached hydrogen (secondary N) is 1. The van der Waals surface area contributed by atoms with E-state index in [0.717, 1.165) is 5.56 Å². The number of hydrogen-bond acceptors (Lipinski definition) is 1. The quantitative estimate of drug-likeness (QED) is 0.738. The Morgan fingerprint density at radius 3 is 2.38 bits per heavy atom. The topological polar surface area (TPSA) is 38.0 Å². The summed E-state index contributed by atoms with van der Waals surface area (Å²) in [6.45, 7) is 3.77. The molecule has 0 heterocycles. The standard InChI is InChI=1S/C9H9ClN2S/c1-6(12-9(11)13)7-2-4-8(10)5-3-7/h2-5H,1H2,(H3,11,12,13). The summed E-state index contributed by atoms with van der Waals surface area (Å²) >= 11 is 10.4. The van der Waals surface area contributed by atoms with Gasteiger partial charge in [0.2, 0.25) is 0 Å². The van der Waals surface area contributed by atoms with Crippen LogP contribution < -0.4 is 11.1 Å². The van der Waals surface area contributed by atoms with Crippen molar-refractivity contribution in [2.75, 3.05) is 0 Å². The van der Waals surface area contributed by atoms with Crippen LogP contribution in [0.25, 0.3) is 5.70 Å². The first-order valence-corrected chi connectivity index (χ1v) is 4.39. The van der Waals surface area contributed by atoms with Gasteiger partial charge in [0.15, 0.2) is 5.11 Å². The minimum Gasteiger partial charge on any atom is -0.376 e. The molecule has 0 bridgehead atoms. The molecule has 3 N–H and O–H groups in total. The number of nitrogens with two attached hydrogens (primary N) is 1. The largest absolute Gasteiger partial charge is 0.376 e. The van der Waals surface area contributed by atoms with E-state index in [4.69, 9.17) is 17.3 Å². The molecule has 2 nitrogen and oxygen atoms in total. The Bertz CT molecular complexity index is 332.